The van der Waals surface area contributed by atoms with E-state index in [1.165, 1.54) is 11.1 Å². The highest BCUT2D eigenvalue weighted by molar-refractivity contribution is 7.13. The first kappa shape index (κ1) is 18.1. The van der Waals surface area contributed by atoms with Gasteiger partial charge >= 0.3 is 0 Å². The van der Waals surface area contributed by atoms with Gasteiger partial charge in [0.25, 0.3) is 5.91 Å². The first-order valence-electron chi connectivity index (χ1n) is 8.49. The first-order valence-corrected chi connectivity index (χ1v) is 9.37. The molecule has 4 nitrogen and oxygen atoms in total. The Hall–Kier alpha value is -2.66. The van der Waals surface area contributed by atoms with Crippen LogP contribution in [0.5, 0.6) is 5.75 Å². The molecule has 134 valence electrons. The van der Waals surface area contributed by atoms with Gasteiger partial charge in [0.15, 0.2) is 6.61 Å². The summed E-state index contributed by atoms with van der Waals surface area (Å²) in [6, 6.07) is 14.1. The van der Waals surface area contributed by atoms with E-state index in [1.54, 1.807) is 11.3 Å². The van der Waals surface area contributed by atoms with E-state index in [0.29, 0.717) is 12.3 Å². The molecule has 1 heterocycles. The van der Waals surface area contributed by atoms with Crippen molar-refractivity contribution in [2.75, 3.05) is 6.61 Å². The zero-order valence-electron chi connectivity index (χ0n) is 15.2. The molecule has 1 N–H and O–H groups in total. The standard InChI is InChI=1S/C21H22N2O2S/c1-14-4-7-17(8-5-14)21-23-18(13-26-21)11-22-20(24)12-25-19-9-6-15(2)16(3)10-19/h4-10,13H,11-12H2,1-3H3,(H,22,24). The highest BCUT2D eigenvalue weighted by atomic mass is 32.1. The van der Waals surface area contributed by atoms with Crippen molar-refractivity contribution in [1.82, 2.24) is 10.3 Å². The van der Waals surface area contributed by atoms with E-state index < -0.39 is 0 Å². The number of aryl methyl sites for hydroxylation is 3. The van der Waals surface area contributed by atoms with E-state index in [2.05, 4.69) is 41.5 Å². The van der Waals surface area contributed by atoms with Gasteiger partial charge in [-0.15, -0.1) is 11.3 Å². The Morgan fingerprint density at radius 3 is 2.58 bits per heavy atom. The molecule has 0 atom stereocenters. The number of hydrogen-bond donors (Lipinski definition) is 1. The molecule has 0 aliphatic rings. The molecular weight excluding hydrogens is 344 g/mol. The summed E-state index contributed by atoms with van der Waals surface area (Å²) in [5.41, 5.74) is 5.52. The average molecular weight is 366 g/mol. The molecule has 0 aliphatic carbocycles. The molecular formula is C21H22N2O2S. The lowest BCUT2D eigenvalue weighted by Gasteiger charge is -2.08. The summed E-state index contributed by atoms with van der Waals surface area (Å²) in [4.78, 5) is 16.6. The normalized spacial score (nSPS) is 10.6. The zero-order chi connectivity index (χ0) is 18.5. The Kier molecular flexibility index (Phi) is 5.68. The van der Waals surface area contributed by atoms with Gasteiger partial charge in [0.1, 0.15) is 10.8 Å². The number of rotatable bonds is 6. The number of carbonyl (C=O) groups excluding carboxylic acids is 1. The number of thiazole rings is 1. The maximum Gasteiger partial charge on any atom is 0.258 e. The zero-order valence-corrected chi connectivity index (χ0v) is 16.0. The lowest BCUT2D eigenvalue weighted by Crippen LogP contribution is -2.28. The highest BCUT2D eigenvalue weighted by Gasteiger charge is 2.07. The van der Waals surface area contributed by atoms with Gasteiger partial charge in [-0.05, 0) is 44.0 Å². The van der Waals surface area contributed by atoms with Crippen LogP contribution in [-0.2, 0) is 11.3 Å². The summed E-state index contributed by atoms with van der Waals surface area (Å²) in [6.07, 6.45) is 0. The molecule has 2 aromatic carbocycles. The number of amides is 1. The second kappa shape index (κ2) is 8.15. The number of nitrogens with one attached hydrogen (secondary N) is 1. The Balaban J connectivity index is 1.50. The van der Waals surface area contributed by atoms with Gasteiger partial charge < -0.3 is 10.1 Å². The molecule has 0 saturated heterocycles. The lowest BCUT2D eigenvalue weighted by atomic mass is 10.1. The van der Waals surface area contributed by atoms with Crippen LogP contribution < -0.4 is 10.1 Å². The molecule has 26 heavy (non-hydrogen) atoms. The summed E-state index contributed by atoms with van der Waals surface area (Å²) in [5, 5.41) is 5.78. The molecule has 3 rings (SSSR count). The average Bonchev–Trinajstić information content (AvgIpc) is 3.10. The van der Waals surface area contributed by atoms with Gasteiger partial charge in [0, 0.05) is 10.9 Å². The third kappa shape index (κ3) is 4.70. The van der Waals surface area contributed by atoms with E-state index in [4.69, 9.17) is 4.74 Å². The number of benzene rings is 2. The van der Waals surface area contributed by atoms with Crippen molar-refractivity contribution in [2.24, 2.45) is 0 Å². The van der Waals surface area contributed by atoms with Crippen molar-refractivity contribution in [1.29, 1.82) is 0 Å². The smallest absolute Gasteiger partial charge is 0.258 e. The maximum absolute atomic E-state index is 12.0. The van der Waals surface area contributed by atoms with Crippen molar-refractivity contribution in [3.8, 4) is 16.3 Å². The molecule has 0 bridgehead atoms. The molecule has 0 saturated carbocycles. The number of aromatic nitrogens is 1. The number of hydrogen-bond acceptors (Lipinski definition) is 4. The molecule has 0 fully saturated rings. The van der Waals surface area contributed by atoms with Gasteiger partial charge in [0.05, 0.1) is 12.2 Å². The number of nitrogens with zero attached hydrogens (tertiary/aromatic N) is 1. The Bertz CT molecular complexity index is 901. The van der Waals surface area contributed by atoms with Gasteiger partial charge in [-0.3, -0.25) is 4.79 Å². The van der Waals surface area contributed by atoms with Crippen LogP contribution in [0.25, 0.3) is 10.6 Å². The Morgan fingerprint density at radius 2 is 1.85 bits per heavy atom. The van der Waals surface area contributed by atoms with Crippen molar-refractivity contribution in [3.63, 3.8) is 0 Å². The topological polar surface area (TPSA) is 51.2 Å². The van der Waals surface area contributed by atoms with Crippen LogP contribution in [0.1, 0.15) is 22.4 Å². The monoisotopic (exact) mass is 366 g/mol. The summed E-state index contributed by atoms with van der Waals surface area (Å²) < 4.78 is 5.55. The van der Waals surface area contributed by atoms with Crippen LogP contribution >= 0.6 is 11.3 Å². The fourth-order valence-electron chi connectivity index (χ4n) is 2.41. The largest absolute Gasteiger partial charge is 0.484 e. The molecule has 0 aliphatic heterocycles. The Morgan fingerprint density at radius 1 is 1.08 bits per heavy atom. The molecule has 3 aromatic rings. The predicted octanol–water partition coefficient (Wildman–Crippen LogP) is 4.43. The second-order valence-corrected chi connectivity index (χ2v) is 7.18. The molecule has 1 amide bonds. The van der Waals surface area contributed by atoms with Gasteiger partial charge in [0.2, 0.25) is 0 Å². The van der Waals surface area contributed by atoms with Crippen LogP contribution in [0.4, 0.5) is 0 Å². The molecule has 5 heteroatoms. The summed E-state index contributed by atoms with van der Waals surface area (Å²) in [5.74, 6) is 0.548. The Labute approximate surface area is 157 Å². The summed E-state index contributed by atoms with van der Waals surface area (Å²) in [7, 11) is 0. The number of ether oxygens (including phenoxy) is 1. The van der Waals surface area contributed by atoms with E-state index in [9.17, 15) is 4.79 Å². The predicted molar refractivity (Wildman–Crippen MR) is 106 cm³/mol. The SMILES string of the molecule is Cc1ccc(-c2nc(CNC(=O)COc3ccc(C)c(C)c3)cs2)cc1. The highest BCUT2D eigenvalue weighted by Crippen LogP contribution is 2.24. The third-order valence-electron chi connectivity index (χ3n) is 4.17. The van der Waals surface area contributed by atoms with Crippen molar-refractivity contribution in [3.05, 3.63) is 70.2 Å². The first-order chi connectivity index (χ1) is 12.5. The fourth-order valence-corrected chi connectivity index (χ4v) is 3.24. The minimum atomic E-state index is -0.159. The van der Waals surface area contributed by atoms with Crippen molar-refractivity contribution in [2.45, 2.75) is 27.3 Å². The van der Waals surface area contributed by atoms with Crippen molar-refractivity contribution < 1.29 is 9.53 Å². The van der Waals surface area contributed by atoms with Crippen molar-refractivity contribution >= 4 is 17.2 Å². The molecule has 0 unspecified atom stereocenters. The van der Waals surface area contributed by atoms with Gasteiger partial charge in [-0.2, -0.15) is 0 Å². The van der Waals surface area contributed by atoms with E-state index in [0.717, 1.165) is 21.8 Å². The minimum Gasteiger partial charge on any atom is -0.484 e. The molecule has 0 spiro atoms. The van der Waals surface area contributed by atoms with Gasteiger partial charge in [-0.25, -0.2) is 4.98 Å². The summed E-state index contributed by atoms with van der Waals surface area (Å²) >= 11 is 1.58. The van der Waals surface area contributed by atoms with E-state index in [-0.39, 0.29) is 12.5 Å². The second-order valence-electron chi connectivity index (χ2n) is 6.32. The van der Waals surface area contributed by atoms with Crippen LogP contribution in [0.15, 0.2) is 47.8 Å². The minimum absolute atomic E-state index is 0.00252. The fraction of sp³-hybridized carbons (Fsp3) is 0.238. The quantitative estimate of drug-likeness (QED) is 0.702. The molecule has 0 radical (unpaired) electrons. The van der Waals surface area contributed by atoms with Gasteiger partial charge in [-0.1, -0.05) is 35.9 Å². The third-order valence-corrected chi connectivity index (χ3v) is 5.11. The van der Waals surface area contributed by atoms with Crippen LogP contribution in [-0.4, -0.2) is 17.5 Å². The lowest BCUT2D eigenvalue weighted by molar-refractivity contribution is -0.123. The number of carbonyl (C=O) groups is 1. The van der Waals surface area contributed by atoms with E-state index in [1.807, 2.05) is 37.4 Å². The summed E-state index contributed by atoms with van der Waals surface area (Å²) in [6.45, 7) is 6.53. The van der Waals surface area contributed by atoms with E-state index >= 15 is 0 Å². The van der Waals surface area contributed by atoms with Crippen LogP contribution in [0, 0.1) is 20.8 Å². The van der Waals surface area contributed by atoms with Crippen LogP contribution in [0.2, 0.25) is 0 Å². The maximum atomic E-state index is 12.0. The molecule has 1 aromatic heterocycles. The van der Waals surface area contributed by atoms with Crippen LogP contribution in [0.3, 0.4) is 0 Å².